The van der Waals surface area contributed by atoms with Crippen LogP contribution in [0.2, 0.25) is 0 Å². The summed E-state index contributed by atoms with van der Waals surface area (Å²) in [5.41, 5.74) is 1.16. The Hall–Kier alpha value is -1.57. The van der Waals surface area contributed by atoms with Crippen LogP contribution in [0.1, 0.15) is 38.2 Å². The summed E-state index contributed by atoms with van der Waals surface area (Å²) in [6.45, 7) is 1.77. The average Bonchev–Trinajstić information content (AvgIpc) is 3.13. The topological polar surface area (TPSA) is 84.5 Å². The van der Waals surface area contributed by atoms with Gasteiger partial charge in [0, 0.05) is 18.9 Å². The Labute approximate surface area is 164 Å². The summed E-state index contributed by atoms with van der Waals surface area (Å²) < 4.78 is 12.9. The van der Waals surface area contributed by atoms with Gasteiger partial charge in [0.1, 0.15) is 11.8 Å². The number of hydrogen-bond donors (Lipinski definition) is 2. The van der Waals surface area contributed by atoms with Crippen molar-refractivity contribution in [1.82, 2.24) is 15.5 Å². The van der Waals surface area contributed by atoms with Crippen molar-refractivity contribution in [2.24, 2.45) is 0 Å². The lowest BCUT2D eigenvalue weighted by Gasteiger charge is -2.38. The molecule has 0 spiro atoms. The maximum atomic E-state index is 13.0. The highest BCUT2D eigenvalue weighted by Crippen LogP contribution is 2.35. The van der Waals surface area contributed by atoms with E-state index in [0.717, 1.165) is 31.2 Å². The molecule has 148 valence electrons. The lowest BCUT2D eigenvalue weighted by atomic mass is 9.98. The number of fused-ring (bicyclic) bond motifs is 1. The molecule has 6 nitrogen and oxygen atoms in total. The van der Waals surface area contributed by atoms with Crippen molar-refractivity contribution >= 4 is 23.0 Å². The Kier molecular flexibility index (Phi) is 6.78. The van der Waals surface area contributed by atoms with Gasteiger partial charge in [0.05, 0.1) is 6.04 Å². The Morgan fingerprint density at radius 1 is 1.26 bits per heavy atom. The molecule has 3 rings (SSSR count). The van der Waals surface area contributed by atoms with Gasteiger partial charge in [-0.3, -0.25) is 14.5 Å². The van der Waals surface area contributed by atoms with Gasteiger partial charge in [-0.2, -0.15) is 0 Å². The Bertz CT molecular complexity index is 657. The number of likely N-dealkylation sites (N-methyl/N-ethyl adjacent to an activating group) is 1. The van der Waals surface area contributed by atoms with E-state index in [9.17, 15) is 14.1 Å². The van der Waals surface area contributed by atoms with Crippen LogP contribution in [-0.2, 0) is 27.2 Å². The molecule has 2 fully saturated rings. The van der Waals surface area contributed by atoms with Crippen molar-refractivity contribution in [2.75, 3.05) is 12.8 Å². The fourth-order valence-electron chi connectivity index (χ4n) is 3.94. The minimum Gasteiger partial charge on any atom is -0.615 e. The van der Waals surface area contributed by atoms with E-state index in [1.807, 2.05) is 35.2 Å². The second kappa shape index (κ2) is 9.08. The van der Waals surface area contributed by atoms with Crippen molar-refractivity contribution in [3.05, 3.63) is 35.9 Å². The molecule has 2 N–H and O–H groups in total. The van der Waals surface area contributed by atoms with Crippen LogP contribution in [0, 0.1) is 0 Å². The summed E-state index contributed by atoms with van der Waals surface area (Å²) in [5, 5.41) is 5.52. The first kappa shape index (κ1) is 20.2. The number of piperidine rings is 1. The van der Waals surface area contributed by atoms with E-state index in [1.165, 1.54) is 0 Å². The highest BCUT2D eigenvalue weighted by Gasteiger charge is 2.48. The van der Waals surface area contributed by atoms with Crippen LogP contribution in [0.25, 0.3) is 0 Å². The fourth-order valence-corrected chi connectivity index (χ4v) is 5.57. The molecule has 7 heteroatoms. The van der Waals surface area contributed by atoms with Crippen LogP contribution in [-0.4, -0.2) is 57.6 Å². The third kappa shape index (κ3) is 4.65. The minimum absolute atomic E-state index is 0.0709. The summed E-state index contributed by atoms with van der Waals surface area (Å²) >= 11 is -1.09. The summed E-state index contributed by atoms with van der Waals surface area (Å²) in [6, 6.07) is 9.33. The summed E-state index contributed by atoms with van der Waals surface area (Å²) in [4.78, 5) is 27.0. The Morgan fingerprint density at radius 2 is 1.96 bits per heavy atom. The predicted molar refractivity (Wildman–Crippen MR) is 106 cm³/mol. The number of rotatable bonds is 7. The molecule has 27 heavy (non-hydrogen) atoms. The zero-order valence-electron chi connectivity index (χ0n) is 16.0. The van der Waals surface area contributed by atoms with Gasteiger partial charge >= 0.3 is 0 Å². The minimum atomic E-state index is -1.09. The number of amides is 2. The third-order valence-corrected chi connectivity index (χ3v) is 7.35. The number of carbonyl (C=O) groups excluding carboxylic acids is 2. The van der Waals surface area contributed by atoms with Gasteiger partial charge in [-0.05, 0) is 50.0 Å². The van der Waals surface area contributed by atoms with Gasteiger partial charge in [0.25, 0.3) is 0 Å². The quantitative estimate of drug-likeness (QED) is 0.684. The number of hydrogen-bond acceptors (Lipinski definition) is 4. The molecule has 2 saturated heterocycles. The summed E-state index contributed by atoms with van der Waals surface area (Å²) in [6.07, 6.45) is 3.95. The van der Waals surface area contributed by atoms with Crippen molar-refractivity contribution < 1.29 is 14.1 Å². The van der Waals surface area contributed by atoms with Crippen molar-refractivity contribution in [2.45, 2.75) is 62.5 Å². The lowest BCUT2D eigenvalue weighted by Crippen LogP contribution is -2.59. The molecule has 0 aliphatic carbocycles. The molecule has 0 radical (unpaired) electrons. The highest BCUT2D eigenvalue weighted by atomic mass is 32.2. The van der Waals surface area contributed by atoms with Crippen LogP contribution in [0.15, 0.2) is 30.3 Å². The number of aryl methyl sites for hydroxylation is 1. The summed E-state index contributed by atoms with van der Waals surface area (Å²) in [7, 11) is 1.72. The van der Waals surface area contributed by atoms with Gasteiger partial charge in [-0.15, -0.1) is 0 Å². The van der Waals surface area contributed by atoms with Crippen LogP contribution < -0.4 is 10.6 Å². The zero-order valence-corrected chi connectivity index (χ0v) is 16.8. The van der Waals surface area contributed by atoms with Gasteiger partial charge < -0.3 is 15.2 Å². The van der Waals surface area contributed by atoms with Crippen LogP contribution in [0.5, 0.6) is 0 Å². The lowest BCUT2D eigenvalue weighted by molar-refractivity contribution is -0.141. The van der Waals surface area contributed by atoms with Gasteiger partial charge in [0.15, 0.2) is 5.37 Å². The van der Waals surface area contributed by atoms with E-state index in [-0.39, 0.29) is 29.3 Å². The summed E-state index contributed by atoms with van der Waals surface area (Å²) in [5.74, 6) is 0.313. The maximum absolute atomic E-state index is 13.0. The van der Waals surface area contributed by atoms with Gasteiger partial charge in [0.2, 0.25) is 11.8 Å². The highest BCUT2D eigenvalue weighted by molar-refractivity contribution is 7.92. The molecular weight excluding hydrogens is 362 g/mol. The molecule has 1 aromatic carbocycles. The van der Waals surface area contributed by atoms with E-state index in [0.29, 0.717) is 12.2 Å². The molecule has 3 unspecified atom stereocenters. The monoisotopic (exact) mass is 391 g/mol. The van der Waals surface area contributed by atoms with E-state index >= 15 is 0 Å². The van der Waals surface area contributed by atoms with Gasteiger partial charge in [-0.25, -0.2) is 0 Å². The maximum Gasteiger partial charge on any atom is 0.249 e. The third-order valence-electron chi connectivity index (χ3n) is 5.67. The smallest absolute Gasteiger partial charge is 0.249 e. The predicted octanol–water partition coefficient (Wildman–Crippen LogP) is 1.18. The van der Waals surface area contributed by atoms with Crippen molar-refractivity contribution in [3.63, 3.8) is 0 Å². The van der Waals surface area contributed by atoms with E-state index < -0.39 is 17.2 Å². The molecule has 2 aliphatic rings. The molecule has 5 atom stereocenters. The van der Waals surface area contributed by atoms with Crippen LogP contribution >= 0.6 is 0 Å². The SMILES string of the molecule is CNC(C)C(=O)N[C@H]1CC[C@H]2CCC([S+]([O-])CCc3ccccc3)N2C1=O. The van der Waals surface area contributed by atoms with Crippen molar-refractivity contribution in [1.29, 1.82) is 0 Å². The molecule has 0 aromatic heterocycles. The first-order valence-electron chi connectivity index (χ1n) is 9.72. The molecule has 0 saturated carbocycles. The molecule has 2 amide bonds. The fraction of sp³-hybridized carbons (Fsp3) is 0.600. The van der Waals surface area contributed by atoms with Crippen molar-refractivity contribution in [3.8, 4) is 0 Å². The number of nitrogens with zero attached hydrogens (tertiary/aromatic N) is 1. The van der Waals surface area contributed by atoms with E-state index in [4.69, 9.17) is 0 Å². The largest absolute Gasteiger partial charge is 0.615 e. The number of carbonyl (C=O) groups is 2. The van der Waals surface area contributed by atoms with E-state index in [1.54, 1.807) is 14.0 Å². The van der Waals surface area contributed by atoms with E-state index in [2.05, 4.69) is 10.6 Å². The first-order valence-corrected chi connectivity index (χ1v) is 11.1. The normalized spacial score (nSPS) is 27.1. The standard InChI is InChI=1S/C20H29N3O3S/c1-14(21-2)19(24)22-17-10-8-16-9-11-18(23(16)20(17)25)27(26)13-12-15-6-4-3-5-7-15/h3-7,14,16-18,21H,8-13H2,1-2H3,(H,22,24)/t14?,16-,17-,18?,27?/m0/s1. The second-order valence-electron chi connectivity index (χ2n) is 7.40. The second-order valence-corrected chi connectivity index (χ2v) is 9.11. The Balaban J connectivity index is 1.61. The van der Waals surface area contributed by atoms with Gasteiger partial charge in [-0.1, -0.05) is 30.3 Å². The zero-order chi connectivity index (χ0) is 19.4. The molecule has 2 heterocycles. The van der Waals surface area contributed by atoms with Crippen LogP contribution in [0.4, 0.5) is 0 Å². The molecular formula is C20H29N3O3S. The average molecular weight is 392 g/mol. The first-order chi connectivity index (χ1) is 13.0. The van der Waals surface area contributed by atoms with Crippen LogP contribution in [0.3, 0.4) is 0 Å². The number of nitrogens with one attached hydrogen (secondary N) is 2. The molecule has 1 aromatic rings. The molecule has 2 aliphatic heterocycles. The Morgan fingerprint density at radius 3 is 2.67 bits per heavy atom. The number of benzene rings is 1. The molecule has 0 bridgehead atoms.